The molecule has 0 unspecified atom stereocenters. The number of carboxylic acids is 1. The van der Waals surface area contributed by atoms with E-state index in [1.807, 2.05) is 0 Å². The third-order valence-corrected chi connectivity index (χ3v) is 3.35. The van der Waals surface area contributed by atoms with Crippen molar-refractivity contribution in [3.63, 3.8) is 0 Å². The summed E-state index contributed by atoms with van der Waals surface area (Å²) in [6.45, 7) is 0. The lowest BCUT2D eigenvalue weighted by molar-refractivity contribution is -0.384. The lowest BCUT2D eigenvalue weighted by Crippen LogP contribution is -1.95. The van der Waals surface area contributed by atoms with Crippen LogP contribution in [0, 0.1) is 10.1 Å². The fraction of sp³-hybridized carbons (Fsp3) is 0. The second-order valence-corrected chi connectivity index (χ2v) is 5.01. The van der Waals surface area contributed by atoms with Gasteiger partial charge in [-0.05, 0) is 29.8 Å². The molecule has 22 heavy (non-hydrogen) atoms. The number of nitro groups is 1. The standard InChI is InChI=1S/C14H8Cl2N2O4/c15-10-4-2-9(14(19)20)6-12(10)17-7-8-1-3-11(16)13(5-8)18(21)22/h1-7H,(H,19,20). The molecule has 0 radical (unpaired) electrons. The second-order valence-electron chi connectivity index (χ2n) is 4.20. The van der Waals surface area contributed by atoms with Crippen LogP contribution in [-0.4, -0.2) is 22.2 Å². The monoisotopic (exact) mass is 338 g/mol. The molecule has 0 aliphatic rings. The van der Waals surface area contributed by atoms with Gasteiger partial charge in [-0.2, -0.15) is 0 Å². The van der Waals surface area contributed by atoms with Crippen LogP contribution in [0.5, 0.6) is 0 Å². The van der Waals surface area contributed by atoms with Crippen molar-refractivity contribution in [3.05, 3.63) is 67.7 Å². The fourth-order valence-corrected chi connectivity index (χ4v) is 1.99. The Kier molecular flexibility index (Phi) is 4.75. The number of carboxylic acid groups (broad SMARTS) is 1. The van der Waals surface area contributed by atoms with Gasteiger partial charge >= 0.3 is 5.97 Å². The van der Waals surface area contributed by atoms with Gasteiger partial charge in [0.2, 0.25) is 0 Å². The molecule has 0 bridgehead atoms. The summed E-state index contributed by atoms with van der Waals surface area (Å²) in [5.74, 6) is -1.10. The molecule has 112 valence electrons. The number of carbonyl (C=O) groups is 1. The Hall–Kier alpha value is -2.44. The largest absolute Gasteiger partial charge is 0.478 e. The van der Waals surface area contributed by atoms with Crippen molar-refractivity contribution >= 4 is 46.8 Å². The van der Waals surface area contributed by atoms with Crippen LogP contribution in [0.4, 0.5) is 11.4 Å². The van der Waals surface area contributed by atoms with E-state index >= 15 is 0 Å². The van der Waals surface area contributed by atoms with Gasteiger partial charge in [0.25, 0.3) is 5.69 Å². The van der Waals surface area contributed by atoms with Gasteiger partial charge in [-0.25, -0.2) is 4.79 Å². The van der Waals surface area contributed by atoms with Gasteiger partial charge in [-0.1, -0.05) is 29.3 Å². The first-order valence-electron chi connectivity index (χ1n) is 5.89. The summed E-state index contributed by atoms with van der Waals surface area (Å²) in [5.41, 5.74) is 0.488. The lowest BCUT2D eigenvalue weighted by atomic mass is 10.2. The fourth-order valence-electron chi connectivity index (χ4n) is 1.64. The summed E-state index contributed by atoms with van der Waals surface area (Å²) >= 11 is 11.7. The number of rotatable bonds is 4. The molecular formula is C14H8Cl2N2O4. The van der Waals surface area contributed by atoms with Crippen LogP contribution < -0.4 is 0 Å². The minimum atomic E-state index is -1.10. The number of hydrogen-bond acceptors (Lipinski definition) is 4. The Morgan fingerprint density at radius 2 is 1.86 bits per heavy atom. The van der Waals surface area contributed by atoms with E-state index in [9.17, 15) is 14.9 Å². The molecule has 0 amide bonds. The van der Waals surface area contributed by atoms with Crippen molar-refractivity contribution in [1.82, 2.24) is 0 Å². The zero-order valence-electron chi connectivity index (χ0n) is 10.9. The Morgan fingerprint density at radius 3 is 2.50 bits per heavy atom. The Bertz CT molecular complexity index is 790. The van der Waals surface area contributed by atoms with Crippen molar-refractivity contribution in [3.8, 4) is 0 Å². The van der Waals surface area contributed by atoms with Gasteiger partial charge in [0.05, 0.1) is 21.2 Å². The van der Waals surface area contributed by atoms with E-state index in [1.54, 1.807) is 6.07 Å². The zero-order valence-corrected chi connectivity index (χ0v) is 12.4. The van der Waals surface area contributed by atoms with Crippen LogP contribution in [0.25, 0.3) is 0 Å². The van der Waals surface area contributed by atoms with Gasteiger partial charge in [0.1, 0.15) is 5.02 Å². The van der Waals surface area contributed by atoms with E-state index < -0.39 is 10.9 Å². The second kappa shape index (κ2) is 6.55. The maximum Gasteiger partial charge on any atom is 0.335 e. The van der Waals surface area contributed by atoms with Crippen molar-refractivity contribution in [2.24, 2.45) is 4.99 Å². The van der Waals surface area contributed by atoms with Gasteiger partial charge in [0, 0.05) is 12.3 Å². The summed E-state index contributed by atoms with van der Waals surface area (Å²) in [7, 11) is 0. The molecule has 6 nitrogen and oxygen atoms in total. The number of aliphatic imine (C=N–C) groups is 1. The van der Waals surface area contributed by atoms with Crippen molar-refractivity contribution in [2.75, 3.05) is 0 Å². The summed E-state index contributed by atoms with van der Waals surface area (Å²) in [4.78, 5) is 25.2. The Labute approximate surface area is 134 Å². The molecule has 2 rings (SSSR count). The molecule has 0 fully saturated rings. The molecule has 0 aliphatic heterocycles. The highest BCUT2D eigenvalue weighted by atomic mass is 35.5. The highest BCUT2D eigenvalue weighted by molar-refractivity contribution is 6.33. The van der Waals surface area contributed by atoms with Crippen LogP contribution in [0.1, 0.15) is 15.9 Å². The SMILES string of the molecule is O=C(O)c1ccc(Cl)c(N=Cc2ccc(Cl)c([N+](=O)[O-])c2)c1. The van der Waals surface area contributed by atoms with E-state index in [4.69, 9.17) is 28.3 Å². The van der Waals surface area contributed by atoms with E-state index in [2.05, 4.69) is 4.99 Å². The molecule has 0 spiro atoms. The van der Waals surface area contributed by atoms with Crippen molar-refractivity contribution in [2.45, 2.75) is 0 Å². The maximum atomic E-state index is 10.9. The molecule has 0 aromatic heterocycles. The average molecular weight is 339 g/mol. The molecule has 2 aromatic rings. The Morgan fingerprint density at radius 1 is 1.18 bits per heavy atom. The van der Waals surface area contributed by atoms with Gasteiger partial charge in [0.15, 0.2) is 0 Å². The summed E-state index contributed by atoms with van der Waals surface area (Å²) in [5, 5.41) is 20.0. The Balaban J connectivity index is 2.36. The molecule has 0 saturated carbocycles. The number of hydrogen-bond donors (Lipinski definition) is 1. The van der Waals surface area contributed by atoms with Crippen LogP contribution >= 0.6 is 23.2 Å². The van der Waals surface area contributed by atoms with Gasteiger partial charge in [-0.15, -0.1) is 0 Å². The predicted molar refractivity (Wildman–Crippen MR) is 83.8 cm³/mol. The molecule has 1 N–H and O–H groups in total. The van der Waals surface area contributed by atoms with Crippen LogP contribution in [0.2, 0.25) is 10.0 Å². The van der Waals surface area contributed by atoms with Gasteiger partial charge < -0.3 is 5.11 Å². The number of aromatic carboxylic acids is 1. The minimum absolute atomic E-state index is 0.0213. The molecule has 2 aromatic carbocycles. The van der Waals surface area contributed by atoms with Crippen molar-refractivity contribution < 1.29 is 14.8 Å². The van der Waals surface area contributed by atoms with Crippen LogP contribution in [0.15, 0.2) is 41.4 Å². The normalized spacial score (nSPS) is 10.8. The van der Waals surface area contributed by atoms with E-state index in [-0.39, 0.29) is 27.0 Å². The van der Waals surface area contributed by atoms with E-state index in [0.717, 1.165) is 0 Å². The molecule has 0 saturated heterocycles. The third-order valence-electron chi connectivity index (χ3n) is 2.71. The van der Waals surface area contributed by atoms with E-state index in [1.165, 1.54) is 36.5 Å². The molecule has 0 atom stereocenters. The number of benzene rings is 2. The maximum absolute atomic E-state index is 10.9. The zero-order chi connectivity index (χ0) is 16.3. The first-order valence-corrected chi connectivity index (χ1v) is 6.65. The molecular weight excluding hydrogens is 331 g/mol. The highest BCUT2D eigenvalue weighted by Gasteiger charge is 2.12. The third kappa shape index (κ3) is 3.60. The number of nitrogens with zero attached hydrogens (tertiary/aromatic N) is 2. The van der Waals surface area contributed by atoms with Crippen LogP contribution in [-0.2, 0) is 0 Å². The lowest BCUT2D eigenvalue weighted by Gasteiger charge is -2.01. The summed E-state index contributed by atoms with van der Waals surface area (Å²) < 4.78 is 0. The average Bonchev–Trinajstić information content (AvgIpc) is 2.47. The van der Waals surface area contributed by atoms with E-state index in [0.29, 0.717) is 5.56 Å². The topological polar surface area (TPSA) is 92.8 Å². The first-order chi connectivity index (χ1) is 10.4. The number of halogens is 2. The quantitative estimate of drug-likeness (QED) is 0.509. The molecule has 0 aliphatic carbocycles. The highest BCUT2D eigenvalue weighted by Crippen LogP contribution is 2.27. The smallest absolute Gasteiger partial charge is 0.335 e. The minimum Gasteiger partial charge on any atom is -0.478 e. The van der Waals surface area contributed by atoms with Crippen molar-refractivity contribution in [1.29, 1.82) is 0 Å². The predicted octanol–water partition coefficient (Wildman–Crippen LogP) is 4.35. The molecule has 0 heterocycles. The summed E-state index contributed by atoms with van der Waals surface area (Å²) in [6.07, 6.45) is 1.34. The van der Waals surface area contributed by atoms with Crippen LogP contribution in [0.3, 0.4) is 0 Å². The molecule has 8 heteroatoms. The number of nitro benzene ring substituents is 1. The summed E-state index contributed by atoms with van der Waals surface area (Å²) in [6, 6.07) is 8.29. The first kappa shape index (κ1) is 15.9. The van der Waals surface area contributed by atoms with Gasteiger partial charge in [-0.3, -0.25) is 15.1 Å².